The molecule has 3 heterocycles. The Balaban J connectivity index is 1.26. The lowest BCUT2D eigenvalue weighted by atomic mass is 10.1. The summed E-state index contributed by atoms with van der Waals surface area (Å²) in [4.78, 5) is 28.6. The first-order valence-electron chi connectivity index (χ1n) is 11.0. The van der Waals surface area contributed by atoms with E-state index in [4.69, 9.17) is 9.47 Å². The summed E-state index contributed by atoms with van der Waals surface area (Å²) < 4.78 is 38.6. The summed E-state index contributed by atoms with van der Waals surface area (Å²) in [6.07, 6.45) is 1.34. The van der Waals surface area contributed by atoms with Gasteiger partial charge in [0.25, 0.3) is 5.91 Å². The van der Waals surface area contributed by atoms with Gasteiger partial charge in [0.2, 0.25) is 15.9 Å². The molecule has 0 unspecified atom stereocenters. The largest absolute Gasteiger partial charge is 0.486 e. The molecule has 2 aromatic carbocycles. The van der Waals surface area contributed by atoms with Crippen LogP contribution in [0.25, 0.3) is 0 Å². The Hall–Kier alpha value is -3.11. The van der Waals surface area contributed by atoms with E-state index in [2.05, 4.69) is 0 Å². The lowest BCUT2D eigenvalue weighted by Crippen LogP contribution is -2.50. The maximum atomic E-state index is 13.1. The van der Waals surface area contributed by atoms with Crippen LogP contribution < -0.4 is 14.4 Å². The number of carbonyl (C=O) groups excluding carboxylic acids is 2. The number of benzene rings is 2. The van der Waals surface area contributed by atoms with E-state index in [1.54, 1.807) is 34.1 Å². The molecule has 0 bridgehead atoms. The quantitative estimate of drug-likeness (QED) is 0.674. The van der Waals surface area contributed by atoms with Gasteiger partial charge in [0.15, 0.2) is 11.5 Å². The van der Waals surface area contributed by atoms with Gasteiger partial charge in [-0.05, 0) is 36.8 Å². The molecule has 10 heteroatoms. The monoisotopic (exact) mass is 471 g/mol. The van der Waals surface area contributed by atoms with Crippen LogP contribution in [0.1, 0.15) is 23.2 Å². The number of anilines is 1. The van der Waals surface area contributed by atoms with Crippen LogP contribution >= 0.6 is 0 Å². The molecule has 2 amide bonds. The van der Waals surface area contributed by atoms with Crippen molar-refractivity contribution in [1.82, 2.24) is 9.21 Å². The van der Waals surface area contributed by atoms with Gasteiger partial charge in [-0.15, -0.1) is 0 Å². The Labute approximate surface area is 192 Å². The van der Waals surface area contributed by atoms with E-state index in [1.807, 2.05) is 6.07 Å². The zero-order valence-corrected chi connectivity index (χ0v) is 18.9. The second kappa shape index (κ2) is 8.68. The highest BCUT2D eigenvalue weighted by Gasteiger charge is 2.32. The number of ether oxygens (including phenoxy) is 2. The number of carbonyl (C=O) groups is 2. The topological polar surface area (TPSA) is 96.5 Å². The van der Waals surface area contributed by atoms with Crippen molar-refractivity contribution >= 4 is 27.5 Å². The maximum absolute atomic E-state index is 13.1. The average molecular weight is 472 g/mol. The van der Waals surface area contributed by atoms with E-state index < -0.39 is 10.0 Å². The van der Waals surface area contributed by atoms with Crippen molar-refractivity contribution < 1.29 is 27.5 Å². The highest BCUT2D eigenvalue weighted by atomic mass is 32.2. The smallest absolute Gasteiger partial charge is 0.254 e. The summed E-state index contributed by atoms with van der Waals surface area (Å²) in [5.41, 5.74) is 1.22. The number of fused-ring (bicyclic) bond motifs is 1. The van der Waals surface area contributed by atoms with Crippen LogP contribution in [0.3, 0.4) is 0 Å². The predicted molar refractivity (Wildman–Crippen MR) is 120 cm³/mol. The van der Waals surface area contributed by atoms with Crippen LogP contribution in [0.5, 0.6) is 11.5 Å². The minimum absolute atomic E-state index is 0.0672. The standard InChI is InChI=1S/C23H25N3O6S/c27-22-5-2-8-26(22)18-4-1-3-17(15-18)23(28)24-9-11-25(12-10-24)33(29,30)19-6-7-20-21(16-19)32-14-13-31-20/h1,3-4,6-7,15-16H,2,5,8-14H2. The molecule has 0 N–H and O–H groups in total. The van der Waals surface area contributed by atoms with Crippen LogP contribution in [0, 0.1) is 0 Å². The number of nitrogens with zero attached hydrogens (tertiary/aromatic N) is 3. The van der Waals surface area contributed by atoms with Crippen LogP contribution in [0.15, 0.2) is 47.4 Å². The van der Waals surface area contributed by atoms with Gasteiger partial charge in [0.1, 0.15) is 13.2 Å². The van der Waals surface area contributed by atoms with Gasteiger partial charge in [0.05, 0.1) is 4.90 Å². The number of rotatable bonds is 4. The molecule has 2 aromatic rings. The molecule has 2 saturated heterocycles. The summed E-state index contributed by atoms with van der Waals surface area (Å²) in [5, 5.41) is 0. The van der Waals surface area contributed by atoms with Gasteiger partial charge < -0.3 is 19.3 Å². The second-order valence-electron chi connectivity index (χ2n) is 8.20. The molecule has 3 aliphatic rings. The molecule has 0 saturated carbocycles. The lowest BCUT2D eigenvalue weighted by molar-refractivity contribution is -0.117. The van der Waals surface area contributed by atoms with Crippen LogP contribution in [-0.2, 0) is 14.8 Å². The maximum Gasteiger partial charge on any atom is 0.254 e. The molecule has 9 nitrogen and oxygen atoms in total. The second-order valence-corrected chi connectivity index (χ2v) is 10.1. The third-order valence-corrected chi connectivity index (χ3v) is 8.05. The van der Waals surface area contributed by atoms with Crippen molar-refractivity contribution in [2.45, 2.75) is 17.7 Å². The molecule has 0 aromatic heterocycles. The number of sulfonamides is 1. The number of piperazine rings is 1. The van der Waals surface area contributed by atoms with E-state index >= 15 is 0 Å². The Morgan fingerprint density at radius 3 is 2.36 bits per heavy atom. The SMILES string of the molecule is O=C(c1cccc(N2CCCC2=O)c1)N1CCN(S(=O)(=O)c2ccc3c(c2)OCCO3)CC1. The fourth-order valence-electron chi connectivity index (χ4n) is 4.38. The normalized spacial score (nSPS) is 19.1. The Bertz CT molecular complexity index is 1190. The predicted octanol–water partition coefficient (Wildman–Crippen LogP) is 1.73. The van der Waals surface area contributed by atoms with Gasteiger partial charge in [-0.25, -0.2) is 8.42 Å². The van der Waals surface area contributed by atoms with Crippen molar-refractivity contribution in [2.75, 3.05) is 50.8 Å². The molecular formula is C23H25N3O6S. The van der Waals surface area contributed by atoms with E-state index in [0.29, 0.717) is 43.2 Å². The third kappa shape index (κ3) is 4.16. The Morgan fingerprint density at radius 1 is 0.879 bits per heavy atom. The summed E-state index contributed by atoms with van der Waals surface area (Å²) >= 11 is 0. The summed E-state index contributed by atoms with van der Waals surface area (Å²) in [7, 11) is -3.72. The van der Waals surface area contributed by atoms with Crippen LogP contribution in [0.4, 0.5) is 5.69 Å². The van der Waals surface area contributed by atoms with E-state index in [-0.39, 0.29) is 42.9 Å². The zero-order valence-electron chi connectivity index (χ0n) is 18.1. The van der Waals surface area contributed by atoms with Crippen molar-refractivity contribution in [2.24, 2.45) is 0 Å². The zero-order chi connectivity index (χ0) is 23.0. The average Bonchev–Trinajstić information content (AvgIpc) is 3.29. The Kier molecular flexibility index (Phi) is 5.71. The summed E-state index contributed by atoms with van der Waals surface area (Å²) in [5.74, 6) is 0.860. The fourth-order valence-corrected chi connectivity index (χ4v) is 5.81. The van der Waals surface area contributed by atoms with Crippen molar-refractivity contribution in [1.29, 1.82) is 0 Å². The Morgan fingerprint density at radius 2 is 1.64 bits per heavy atom. The van der Waals surface area contributed by atoms with E-state index in [9.17, 15) is 18.0 Å². The van der Waals surface area contributed by atoms with Gasteiger partial charge >= 0.3 is 0 Å². The minimum Gasteiger partial charge on any atom is -0.486 e. The molecule has 2 fully saturated rings. The third-order valence-electron chi connectivity index (χ3n) is 6.16. The van der Waals surface area contributed by atoms with Crippen molar-refractivity contribution in [3.05, 3.63) is 48.0 Å². The van der Waals surface area contributed by atoms with Gasteiger partial charge in [0, 0.05) is 56.5 Å². The van der Waals surface area contributed by atoms with E-state index in [1.165, 1.54) is 16.4 Å². The molecule has 5 rings (SSSR count). The first kappa shape index (κ1) is 21.7. The molecule has 0 atom stereocenters. The molecule has 0 spiro atoms. The molecule has 33 heavy (non-hydrogen) atoms. The number of amides is 2. The molecule has 0 aliphatic carbocycles. The van der Waals surface area contributed by atoms with Crippen molar-refractivity contribution in [3.8, 4) is 11.5 Å². The summed E-state index contributed by atoms with van der Waals surface area (Å²) in [6, 6.07) is 11.7. The summed E-state index contributed by atoms with van der Waals surface area (Å²) in [6.45, 7) is 2.45. The highest BCUT2D eigenvalue weighted by Crippen LogP contribution is 2.33. The number of hydrogen-bond acceptors (Lipinski definition) is 6. The van der Waals surface area contributed by atoms with E-state index in [0.717, 1.165) is 12.1 Å². The fraction of sp³-hybridized carbons (Fsp3) is 0.391. The number of hydrogen-bond donors (Lipinski definition) is 0. The van der Waals surface area contributed by atoms with Crippen LogP contribution in [-0.4, -0.2) is 75.4 Å². The molecular weight excluding hydrogens is 446 g/mol. The first-order chi connectivity index (χ1) is 15.9. The first-order valence-corrected chi connectivity index (χ1v) is 12.5. The molecule has 0 radical (unpaired) electrons. The lowest BCUT2D eigenvalue weighted by Gasteiger charge is -2.34. The van der Waals surface area contributed by atoms with Crippen LogP contribution in [0.2, 0.25) is 0 Å². The molecule has 174 valence electrons. The van der Waals surface area contributed by atoms with Gasteiger partial charge in [-0.1, -0.05) is 6.07 Å². The van der Waals surface area contributed by atoms with Gasteiger partial charge in [-0.2, -0.15) is 4.31 Å². The van der Waals surface area contributed by atoms with Crippen molar-refractivity contribution in [3.63, 3.8) is 0 Å². The minimum atomic E-state index is -3.72. The molecule has 3 aliphatic heterocycles. The highest BCUT2D eigenvalue weighted by molar-refractivity contribution is 7.89. The van der Waals surface area contributed by atoms with Gasteiger partial charge in [-0.3, -0.25) is 9.59 Å².